The van der Waals surface area contributed by atoms with Crippen molar-refractivity contribution < 1.29 is 24.3 Å². The Morgan fingerprint density at radius 3 is 2.58 bits per heavy atom. The minimum atomic E-state index is -0.783. The molecule has 0 fully saturated rings. The number of carbonyl (C=O) groups excluding carboxylic acids is 1. The van der Waals surface area contributed by atoms with E-state index in [1.165, 1.54) is 22.8 Å². The number of fused-ring (bicyclic) bond motifs is 1. The van der Waals surface area contributed by atoms with Crippen molar-refractivity contribution in [1.29, 1.82) is 0 Å². The van der Waals surface area contributed by atoms with Crippen LogP contribution in [0.25, 0.3) is 11.8 Å². The number of phenolic OH excluding ortho intramolecular Hbond substituents is 1. The molecule has 3 aromatic rings. The van der Waals surface area contributed by atoms with E-state index >= 15 is 0 Å². The molecule has 0 radical (unpaired) electrons. The molecule has 11 heteroatoms. The van der Waals surface area contributed by atoms with Crippen LogP contribution in [0.2, 0.25) is 0 Å². The number of carbonyl (C=O) groups is 1. The number of nitro groups is 1. The molecule has 0 bridgehead atoms. The van der Waals surface area contributed by atoms with Crippen molar-refractivity contribution in [2.45, 2.75) is 26.8 Å². The number of benzene rings is 2. The van der Waals surface area contributed by atoms with Crippen LogP contribution < -0.4 is 19.6 Å². The Morgan fingerprint density at radius 2 is 1.94 bits per heavy atom. The van der Waals surface area contributed by atoms with Gasteiger partial charge in [-0.15, -0.1) is 0 Å². The Hall–Kier alpha value is -4.25. The zero-order valence-corrected chi connectivity index (χ0v) is 20.6. The maximum Gasteiger partial charge on any atom is 0.338 e. The molecule has 0 spiro atoms. The van der Waals surface area contributed by atoms with Crippen LogP contribution in [0.4, 0.5) is 5.69 Å². The first-order valence-electron chi connectivity index (χ1n) is 11.1. The summed E-state index contributed by atoms with van der Waals surface area (Å²) in [7, 11) is 0. The zero-order chi connectivity index (χ0) is 26.0. The van der Waals surface area contributed by atoms with Gasteiger partial charge in [0.05, 0.1) is 28.2 Å². The van der Waals surface area contributed by atoms with E-state index in [9.17, 15) is 24.8 Å². The number of non-ortho nitro benzene ring substituents is 1. The first-order valence-corrected chi connectivity index (χ1v) is 12.0. The standard InChI is InChI=1S/C25H23N3O7S/c1-4-34-19-13-16(8-11-18(19)29)22-21(24(31)35-5-2)14(3)27-23(30)20(36-25(27)26-22)12-15-6-9-17(10-7-15)28(32)33/h6-13,22,29H,4-5H2,1-3H3/b20-12-/t22-/m1/s1. The quantitative estimate of drug-likeness (QED) is 0.294. The molecule has 1 aliphatic heterocycles. The summed E-state index contributed by atoms with van der Waals surface area (Å²) in [5.41, 5.74) is 1.38. The van der Waals surface area contributed by atoms with Gasteiger partial charge < -0.3 is 14.6 Å². The molecule has 1 N–H and O–H groups in total. The van der Waals surface area contributed by atoms with Crippen LogP contribution in [-0.4, -0.2) is 33.8 Å². The highest BCUT2D eigenvalue weighted by atomic mass is 32.1. The zero-order valence-electron chi connectivity index (χ0n) is 19.8. The smallest absolute Gasteiger partial charge is 0.338 e. The van der Waals surface area contributed by atoms with E-state index in [2.05, 4.69) is 0 Å². The van der Waals surface area contributed by atoms with Crippen molar-refractivity contribution in [3.63, 3.8) is 0 Å². The molecule has 0 aliphatic carbocycles. The summed E-state index contributed by atoms with van der Waals surface area (Å²) in [6.07, 6.45) is 1.62. The minimum Gasteiger partial charge on any atom is -0.504 e. The lowest BCUT2D eigenvalue weighted by molar-refractivity contribution is -0.384. The van der Waals surface area contributed by atoms with E-state index in [0.29, 0.717) is 32.8 Å². The van der Waals surface area contributed by atoms with Gasteiger partial charge in [0.2, 0.25) is 0 Å². The van der Waals surface area contributed by atoms with Crippen LogP contribution in [0.1, 0.15) is 37.9 Å². The summed E-state index contributed by atoms with van der Waals surface area (Å²) in [6.45, 7) is 5.62. The first-order chi connectivity index (χ1) is 17.2. The average molecular weight is 510 g/mol. The molecular formula is C25H23N3O7S. The van der Waals surface area contributed by atoms with E-state index in [-0.39, 0.29) is 34.9 Å². The number of rotatable bonds is 7. The van der Waals surface area contributed by atoms with Gasteiger partial charge in [-0.05, 0) is 62.2 Å². The lowest BCUT2D eigenvalue weighted by Crippen LogP contribution is -2.35. The van der Waals surface area contributed by atoms with Gasteiger partial charge in [0.1, 0.15) is 6.04 Å². The van der Waals surface area contributed by atoms with Crippen LogP contribution in [0.15, 0.2) is 57.8 Å². The number of phenols is 1. The van der Waals surface area contributed by atoms with Crippen molar-refractivity contribution in [3.05, 3.63) is 89.0 Å². The molecule has 1 atom stereocenters. The first kappa shape index (κ1) is 24.9. The molecular weight excluding hydrogens is 486 g/mol. The third-order valence-corrected chi connectivity index (χ3v) is 6.52. The summed E-state index contributed by atoms with van der Waals surface area (Å²) < 4.78 is 12.5. The van der Waals surface area contributed by atoms with Crippen LogP contribution in [-0.2, 0) is 9.53 Å². The molecule has 4 rings (SSSR count). The summed E-state index contributed by atoms with van der Waals surface area (Å²) in [5, 5.41) is 21.0. The van der Waals surface area contributed by atoms with Gasteiger partial charge in [-0.3, -0.25) is 19.5 Å². The predicted molar refractivity (Wildman–Crippen MR) is 134 cm³/mol. The molecule has 1 aliphatic rings. The summed E-state index contributed by atoms with van der Waals surface area (Å²) >= 11 is 1.14. The number of esters is 1. The Kier molecular flexibility index (Phi) is 7.02. The van der Waals surface area contributed by atoms with Crippen molar-refractivity contribution in [2.75, 3.05) is 13.2 Å². The fraction of sp³-hybridized carbons (Fsp3) is 0.240. The van der Waals surface area contributed by atoms with E-state index < -0.39 is 16.9 Å². The molecule has 2 aromatic carbocycles. The summed E-state index contributed by atoms with van der Waals surface area (Å²) in [4.78, 5) is 41.8. The van der Waals surface area contributed by atoms with Gasteiger partial charge in [0, 0.05) is 17.8 Å². The van der Waals surface area contributed by atoms with Crippen LogP contribution in [0, 0.1) is 10.1 Å². The number of nitrogens with zero attached hydrogens (tertiary/aromatic N) is 3. The maximum atomic E-state index is 13.3. The SMILES string of the molecule is CCOC(=O)C1=C(C)n2c(s/c(=C\c3ccc([N+](=O)[O-])cc3)c2=O)=N[C@@H]1c1ccc(O)c(OCC)c1. The summed E-state index contributed by atoms with van der Waals surface area (Å²) in [6, 6.07) is 9.78. The van der Waals surface area contributed by atoms with Crippen molar-refractivity contribution in [1.82, 2.24) is 4.57 Å². The van der Waals surface area contributed by atoms with E-state index in [0.717, 1.165) is 11.3 Å². The van der Waals surface area contributed by atoms with Gasteiger partial charge in [0.15, 0.2) is 16.3 Å². The highest BCUT2D eigenvalue weighted by Gasteiger charge is 2.32. The number of hydrogen-bond donors (Lipinski definition) is 1. The Morgan fingerprint density at radius 1 is 1.22 bits per heavy atom. The normalized spacial score (nSPS) is 15.3. The Balaban J connectivity index is 1.90. The monoisotopic (exact) mass is 509 g/mol. The average Bonchev–Trinajstić information content (AvgIpc) is 3.16. The second-order valence-corrected chi connectivity index (χ2v) is 8.80. The van der Waals surface area contributed by atoms with Crippen molar-refractivity contribution in [2.24, 2.45) is 4.99 Å². The number of nitro benzene ring substituents is 1. The highest BCUT2D eigenvalue weighted by Crippen LogP contribution is 2.36. The van der Waals surface area contributed by atoms with Gasteiger partial charge in [-0.1, -0.05) is 17.4 Å². The topological polar surface area (TPSA) is 133 Å². The van der Waals surface area contributed by atoms with Crippen molar-refractivity contribution in [3.8, 4) is 11.5 Å². The molecule has 0 saturated heterocycles. The second-order valence-electron chi connectivity index (χ2n) is 7.79. The van der Waals surface area contributed by atoms with Gasteiger partial charge in [-0.25, -0.2) is 9.79 Å². The van der Waals surface area contributed by atoms with E-state index in [1.54, 1.807) is 51.1 Å². The van der Waals surface area contributed by atoms with Crippen LogP contribution in [0.5, 0.6) is 11.5 Å². The minimum absolute atomic E-state index is 0.0391. The second kappa shape index (κ2) is 10.2. The number of allylic oxidation sites excluding steroid dienone is 1. The Labute approximate surface area is 209 Å². The third kappa shape index (κ3) is 4.65. The fourth-order valence-electron chi connectivity index (χ4n) is 3.87. The largest absolute Gasteiger partial charge is 0.504 e. The third-order valence-electron chi connectivity index (χ3n) is 5.54. The number of aromatic nitrogens is 1. The molecule has 0 saturated carbocycles. The highest BCUT2D eigenvalue weighted by molar-refractivity contribution is 7.07. The lowest BCUT2D eigenvalue weighted by atomic mass is 9.96. The molecule has 186 valence electrons. The van der Waals surface area contributed by atoms with Gasteiger partial charge >= 0.3 is 5.97 Å². The van der Waals surface area contributed by atoms with E-state index in [1.807, 2.05) is 0 Å². The van der Waals surface area contributed by atoms with Gasteiger partial charge in [-0.2, -0.15) is 0 Å². The lowest BCUT2D eigenvalue weighted by Gasteiger charge is -2.22. The number of hydrogen-bond acceptors (Lipinski definition) is 9. The summed E-state index contributed by atoms with van der Waals surface area (Å²) in [5.74, 6) is -0.380. The van der Waals surface area contributed by atoms with Gasteiger partial charge in [0.25, 0.3) is 11.2 Å². The molecule has 36 heavy (non-hydrogen) atoms. The van der Waals surface area contributed by atoms with Crippen LogP contribution in [0.3, 0.4) is 0 Å². The number of aromatic hydroxyl groups is 1. The maximum absolute atomic E-state index is 13.3. The Bertz CT molecular complexity index is 1550. The molecule has 1 aromatic heterocycles. The number of ether oxygens (including phenoxy) is 2. The molecule has 2 heterocycles. The van der Waals surface area contributed by atoms with E-state index in [4.69, 9.17) is 14.5 Å². The van der Waals surface area contributed by atoms with Crippen LogP contribution >= 0.6 is 11.3 Å². The fourth-order valence-corrected chi connectivity index (χ4v) is 4.91. The molecule has 0 amide bonds. The number of thiazole rings is 1. The van der Waals surface area contributed by atoms with Crippen molar-refractivity contribution >= 4 is 34.8 Å². The molecule has 0 unspecified atom stereocenters. The molecule has 10 nitrogen and oxygen atoms in total. The predicted octanol–water partition coefficient (Wildman–Crippen LogP) is 2.92.